The number of carboxylic acids is 1. The summed E-state index contributed by atoms with van der Waals surface area (Å²) >= 11 is 0. The number of unbranched alkanes of at least 4 members (excludes halogenated alkanes) is 18. The van der Waals surface area contributed by atoms with Crippen LogP contribution < -0.4 is 5.32 Å². The van der Waals surface area contributed by atoms with Gasteiger partial charge >= 0.3 is 11.9 Å². The number of benzene rings is 1. The molecule has 0 saturated heterocycles. The quantitative estimate of drug-likeness (QED) is 0.0300. The lowest BCUT2D eigenvalue weighted by Gasteiger charge is -2.18. The van der Waals surface area contributed by atoms with Crippen LogP contribution in [0, 0.1) is 0 Å². The summed E-state index contributed by atoms with van der Waals surface area (Å²) in [5.41, 5.74) is 1.70. The Bertz CT molecular complexity index is 1320. The molecule has 1 rings (SSSR count). The normalized spacial score (nSPS) is 12.4. The van der Waals surface area contributed by atoms with Gasteiger partial charge in [-0.2, -0.15) is 0 Å². The monoisotopic (exact) mass is 816 g/mol. The number of aliphatic carboxylic acids is 1. The van der Waals surface area contributed by atoms with E-state index >= 15 is 0 Å². The smallest absolute Gasteiger partial charge is 0.338 e. The van der Waals surface area contributed by atoms with Gasteiger partial charge in [0.25, 0.3) is 0 Å². The van der Waals surface area contributed by atoms with E-state index in [0.29, 0.717) is 18.4 Å². The Morgan fingerprint density at radius 2 is 1.00 bits per heavy atom. The summed E-state index contributed by atoms with van der Waals surface area (Å²) in [5, 5.41) is 12.3. The topological polar surface area (TPSA) is 92.7 Å². The van der Waals surface area contributed by atoms with Crippen LogP contribution in [0.1, 0.15) is 223 Å². The van der Waals surface area contributed by atoms with Gasteiger partial charge in [0.15, 0.2) is 0 Å². The van der Waals surface area contributed by atoms with Crippen molar-refractivity contribution in [3.05, 3.63) is 95.1 Å². The van der Waals surface area contributed by atoms with Gasteiger partial charge in [0, 0.05) is 17.7 Å². The predicted molar refractivity (Wildman–Crippen MR) is 251 cm³/mol. The fraction of sp³-hybridized carbons (Fsp3) is 0.642. The first-order valence-electron chi connectivity index (χ1n) is 23.9. The van der Waals surface area contributed by atoms with Gasteiger partial charge in [-0.05, 0) is 121 Å². The van der Waals surface area contributed by atoms with Gasteiger partial charge in [0.1, 0.15) is 6.10 Å². The first kappa shape index (κ1) is 53.3. The lowest BCUT2D eigenvalue weighted by Crippen LogP contribution is -2.25. The molecule has 0 aromatic heterocycles. The molecule has 0 radical (unpaired) electrons. The van der Waals surface area contributed by atoms with Crippen molar-refractivity contribution in [1.29, 1.82) is 0 Å². The van der Waals surface area contributed by atoms with E-state index < -0.39 is 11.9 Å². The predicted octanol–water partition coefficient (Wildman–Crippen LogP) is 15.4. The Balaban J connectivity index is 2.53. The molecule has 0 spiro atoms. The Morgan fingerprint density at radius 3 is 1.42 bits per heavy atom. The lowest BCUT2D eigenvalue weighted by atomic mass is 10.0. The minimum absolute atomic E-state index is 0.0838. The minimum atomic E-state index is -1.06. The van der Waals surface area contributed by atoms with E-state index in [1.54, 1.807) is 19.1 Å². The van der Waals surface area contributed by atoms with Gasteiger partial charge < -0.3 is 15.2 Å². The average Bonchev–Trinajstić information content (AvgIpc) is 3.23. The van der Waals surface area contributed by atoms with Crippen LogP contribution in [-0.4, -0.2) is 29.1 Å². The molecule has 1 amide bonds. The first-order chi connectivity index (χ1) is 28.8. The number of nitrogens with one attached hydrogen (secondary N) is 1. The third-order valence-electron chi connectivity index (χ3n) is 10.9. The number of hydrogen-bond donors (Lipinski definition) is 2. The van der Waals surface area contributed by atoms with E-state index in [1.165, 1.54) is 103 Å². The van der Waals surface area contributed by atoms with Crippen molar-refractivity contribution < 1.29 is 24.2 Å². The van der Waals surface area contributed by atoms with Crippen molar-refractivity contribution in [2.75, 3.05) is 0 Å². The number of rotatable bonds is 38. The van der Waals surface area contributed by atoms with Gasteiger partial charge in [-0.3, -0.25) is 4.79 Å². The molecule has 6 nitrogen and oxygen atoms in total. The molecule has 0 aliphatic carbocycles. The SMILES string of the molecule is CCCCC/C=C\C/C=C\CCCCCCCCC(CCCCCCCC/C=C\C/C=C\CCCCC)OC(=O)c1ccc(CNC(=O)/C(C)=C(/CCC)C(=O)O)cc1. The third-order valence-corrected chi connectivity index (χ3v) is 10.9. The van der Waals surface area contributed by atoms with E-state index in [-0.39, 0.29) is 29.8 Å². The number of ether oxygens (including phenoxy) is 1. The molecule has 59 heavy (non-hydrogen) atoms. The van der Waals surface area contributed by atoms with Crippen molar-refractivity contribution in [3.8, 4) is 0 Å². The number of carboxylic acid groups (broad SMARTS) is 1. The highest BCUT2D eigenvalue weighted by atomic mass is 16.5. The van der Waals surface area contributed by atoms with E-state index in [0.717, 1.165) is 69.8 Å². The number of amides is 1. The summed E-state index contributed by atoms with van der Waals surface area (Å²) in [6, 6.07) is 7.15. The summed E-state index contributed by atoms with van der Waals surface area (Å²) in [6.07, 6.45) is 50.3. The average molecular weight is 816 g/mol. The molecular formula is C53H85NO5. The van der Waals surface area contributed by atoms with Gasteiger partial charge in [-0.1, -0.05) is 165 Å². The molecule has 0 aliphatic rings. The molecule has 0 bridgehead atoms. The molecule has 2 N–H and O–H groups in total. The summed E-state index contributed by atoms with van der Waals surface area (Å²) in [4.78, 5) is 37.5. The van der Waals surface area contributed by atoms with Crippen LogP contribution in [0.25, 0.3) is 0 Å². The maximum Gasteiger partial charge on any atom is 0.338 e. The standard InChI is InChI=1S/C53H85NO5/c1-5-8-10-12-14-16-18-20-22-24-26-28-30-32-34-36-39-49(40-37-35-33-31-29-27-25-23-21-19-17-15-13-11-9-6-2)59-53(58)48-43-41-47(42-44-48)45-54-51(55)46(4)50(38-7-3)52(56)57/h14-17,20-23,41-44,49H,5-13,18-19,24-40,45H2,1-4H3,(H,54,55)(H,56,57)/b16-14-,17-15-,22-20-,23-21-,50-46-. The lowest BCUT2D eigenvalue weighted by molar-refractivity contribution is -0.133. The number of allylic oxidation sites excluding steroid dienone is 8. The van der Waals surface area contributed by atoms with E-state index in [2.05, 4.69) is 67.8 Å². The Morgan fingerprint density at radius 1 is 0.576 bits per heavy atom. The molecule has 0 saturated carbocycles. The second kappa shape index (κ2) is 38.5. The fourth-order valence-electron chi connectivity index (χ4n) is 7.12. The summed E-state index contributed by atoms with van der Waals surface area (Å²) < 4.78 is 6.13. The Labute approximate surface area is 361 Å². The largest absolute Gasteiger partial charge is 0.478 e. The van der Waals surface area contributed by atoms with Crippen LogP contribution in [0.4, 0.5) is 0 Å². The Kier molecular flexibility index (Phi) is 34.8. The van der Waals surface area contributed by atoms with Crippen molar-refractivity contribution in [2.45, 2.75) is 220 Å². The molecule has 332 valence electrons. The van der Waals surface area contributed by atoms with E-state index in [4.69, 9.17) is 4.74 Å². The fourth-order valence-corrected chi connectivity index (χ4v) is 7.12. The zero-order valence-corrected chi connectivity index (χ0v) is 38.1. The van der Waals surface area contributed by atoms with E-state index in [1.807, 2.05) is 19.1 Å². The molecule has 6 heteroatoms. The molecule has 0 atom stereocenters. The van der Waals surface area contributed by atoms with Gasteiger partial charge in [-0.15, -0.1) is 0 Å². The van der Waals surface area contributed by atoms with Crippen LogP contribution in [-0.2, 0) is 20.9 Å². The van der Waals surface area contributed by atoms with Crippen LogP contribution in [0.15, 0.2) is 84.0 Å². The number of esters is 1. The maximum atomic E-state index is 13.3. The van der Waals surface area contributed by atoms with Crippen molar-refractivity contribution in [2.24, 2.45) is 0 Å². The van der Waals surface area contributed by atoms with Gasteiger partial charge in [0.05, 0.1) is 5.56 Å². The highest BCUT2D eigenvalue weighted by Gasteiger charge is 2.18. The van der Waals surface area contributed by atoms with Crippen LogP contribution in [0.3, 0.4) is 0 Å². The molecule has 1 aromatic rings. The molecule has 0 fully saturated rings. The third kappa shape index (κ3) is 30.1. The zero-order chi connectivity index (χ0) is 43.0. The van der Waals surface area contributed by atoms with Gasteiger partial charge in [-0.25, -0.2) is 9.59 Å². The maximum absolute atomic E-state index is 13.3. The molecule has 0 unspecified atom stereocenters. The highest BCUT2D eigenvalue weighted by molar-refractivity contribution is 6.01. The van der Waals surface area contributed by atoms with Gasteiger partial charge in [0.2, 0.25) is 5.91 Å². The minimum Gasteiger partial charge on any atom is -0.478 e. The molecule has 1 aromatic carbocycles. The number of hydrogen-bond acceptors (Lipinski definition) is 4. The zero-order valence-electron chi connectivity index (χ0n) is 38.1. The second-order valence-corrected chi connectivity index (χ2v) is 16.3. The number of carbonyl (C=O) groups is 3. The number of carbonyl (C=O) groups excluding carboxylic acids is 2. The van der Waals surface area contributed by atoms with E-state index in [9.17, 15) is 19.5 Å². The first-order valence-corrected chi connectivity index (χ1v) is 23.9. The van der Waals surface area contributed by atoms with Crippen molar-refractivity contribution >= 4 is 17.8 Å². The van der Waals surface area contributed by atoms with Crippen molar-refractivity contribution in [1.82, 2.24) is 5.32 Å². The van der Waals surface area contributed by atoms with Crippen LogP contribution >= 0.6 is 0 Å². The van der Waals surface area contributed by atoms with Crippen LogP contribution in [0.2, 0.25) is 0 Å². The molecular weight excluding hydrogens is 731 g/mol. The summed E-state index contributed by atoms with van der Waals surface area (Å²) in [6.45, 7) is 8.18. The second-order valence-electron chi connectivity index (χ2n) is 16.3. The van der Waals surface area contributed by atoms with Crippen LogP contribution in [0.5, 0.6) is 0 Å². The molecule has 0 heterocycles. The highest BCUT2D eigenvalue weighted by Crippen LogP contribution is 2.20. The Hall–Kier alpha value is -3.67. The summed E-state index contributed by atoms with van der Waals surface area (Å²) in [7, 11) is 0. The van der Waals surface area contributed by atoms with Crippen molar-refractivity contribution in [3.63, 3.8) is 0 Å². The molecule has 0 aliphatic heterocycles. The summed E-state index contributed by atoms with van der Waals surface area (Å²) in [5.74, 6) is -1.75.